The van der Waals surface area contributed by atoms with Crippen molar-refractivity contribution in [3.63, 3.8) is 0 Å². The molecule has 0 aliphatic heterocycles. The van der Waals surface area contributed by atoms with Gasteiger partial charge in [-0.3, -0.25) is 0 Å². The van der Waals surface area contributed by atoms with Gasteiger partial charge in [-0.05, 0) is 36.3 Å². The molecule has 0 aliphatic carbocycles. The van der Waals surface area contributed by atoms with E-state index < -0.39 is 23.2 Å². The summed E-state index contributed by atoms with van der Waals surface area (Å²) in [5, 5.41) is 11.0. The molecule has 0 saturated carbocycles. The predicted octanol–water partition coefficient (Wildman–Crippen LogP) is 4.17. The number of fused-ring (bicyclic) bond motifs is 1. The zero-order chi connectivity index (χ0) is 25.9. The van der Waals surface area contributed by atoms with Crippen molar-refractivity contribution < 1.29 is 32.1 Å². The molecule has 1 unspecified atom stereocenters. The second-order valence-electron chi connectivity index (χ2n) is 7.71. The molecule has 7 nitrogen and oxygen atoms in total. The van der Waals surface area contributed by atoms with Crippen LogP contribution in [0.15, 0.2) is 54.9 Å². The van der Waals surface area contributed by atoms with E-state index in [1.165, 1.54) is 25.4 Å². The van der Waals surface area contributed by atoms with Crippen molar-refractivity contribution in [3.05, 3.63) is 71.8 Å². The number of nitrogen functional groups attached to an aromatic ring is 1. The summed E-state index contributed by atoms with van der Waals surface area (Å²) in [5.74, 6) is 3.66. The highest BCUT2D eigenvalue weighted by molar-refractivity contribution is 5.96. The second kappa shape index (κ2) is 9.85. The van der Waals surface area contributed by atoms with Crippen molar-refractivity contribution in [2.45, 2.75) is 11.8 Å². The SMILES string of the molecule is COCCOc1cnc(N)nc1-c1c[nH]c2ccc(C#CC(O)(c3cccc(F)c3)C(F)(F)F)cc12. The van der Waals surface area contributed by atoms with Crippen LogP contribution in [-0.2, 0) is 10.3 Å². The highest BCUT2D eigenvalue weighted by Crippen LogP contribution is 2.39. The van der Waals surface area contributed by atoms with Crippen LogP contribution in [-0.4, -0.2) is 46.6 Å². The molecular formula is C25H20F4N4O3. The van der Waals surface area contributed by atoms with Gasteiger partial charge in [0.2, 0.25) is 11.5 Å². The summed E-state index contributed by atoms with van der Waals surface area (Å²) in [6.07, 6.45) is -2.12. The number of rotatable bonds is 6. The van der Waals surface area contributed by atoms with Gasteiger partial charge in [-0.25, -0.2) is 14.4 Å². The Morgan fingerprint density at radius 2 is 1.94 bits per heavy atom. The number of alkyl halides is 3. The van der Waals surface area contributed by atoms with E-state index in [0.717, 1.165) is 18.2 Å². The first-order chi connectivity index (χ1) is 17.1. The number of benzene rings is 2. The van der Waals surface area contributed by atoms with Crippen LogP contribution in [0.5, 0.6) is 5.75 Å². The lowest BCUT2D eigenvalue weighted by molar-refractivity contribution is -0.240. The summed E-state index contributed by atoms with van der Waals surface area (Å²) in [5.41, 5.74) is 3.20. The van der Waals surface area contributed by atoms with Crippen molar-refractivity contribution >= 4 is 16.9 Å². The molecule has 0 bridgehead atoms. The zero-order valence-electron chi connectivity index (χ0n) is 18.9. The van der Waals surface area contributed by atoms with Crippen molar-refractivity contribution in [1.82, 2.24) is 15.0 Å². The Morgan fingerprint density at radius 1 is 1.14 bits per heavy atom. The van der Waals surface area contributed by atoms with Gasteiger partial charge in [0.15, 0.2) is 5.75 Å². The molecule has 11 heteroatoms. The van der Waals surface area contributed by atoms with E-state index in [1.807, 2.05) is 5.92 Å². The topological polar surface area (TPSA) is 106 Å². The van der Waals surface area contributed by atoms with E-state index in [2.05, 4.69) is 20.9 Å². The molecule has 1 atom stereocenters. The standard InChI is InChI=1S/C25H20F4N4O3/c1-35-9-10-36-21-14-32-23(30)33-22(21)19-13-31-20-6-5-15(11-18(19)20)7-8-24(34,25(27,28)29)16-3-2-4-17(26)12-16/h2-6,11-14,31,34H,9-10H2,1H3,(H2,30,32,33). The largest absolute Gasteiger partial charge is 0.487 e. The van der Waals surface area contributed by atoms with Crippen molar-refractivity contribution in [1.29, 1.82) is 0 Å². The number of aromatic nitrogens is 3. The summed E-state index contributed by atoms with van der Waals surface area (Å²) in [4.78, 5) is 11.3. The molecule has 36 heavy (non-hydrogen) atoms. The van der Waals surface area contributed by atoms with Crippen LogP contribution in [0.25, 0.3) is 22.2 Å². The smallest absolute Gasteiger partial charge is 0.433 e. The molecule has 2 aromatic heterocycles. The first kappa shape index (κ1) is 25.0. The Balaban J connectivity index is 1.78. The molecule has 0 aliphatic rings. The van der Waals surface area contributed by atoms with Crippen LogP contribution in [0.1, 0.15) is 11.1 Å². The van der Waals surface area contributed by atoms with Crippen LogP contribution < -0.4 is 10.5 Å². The molecule has 0 saturated heterocycles. The zero-order valence-corrected chi connectivity index (χ0v) is 18.9. The number of nitrogens with two attached hydrogens (primary N) is 1. The van der Waals surface area contributed by atoms with Crippen LogP contribution in [0, 0.1) is 17.7 Å². The van der Waals surface area contributed by atoms with Gasteiger partial charge in [-0.15, -0.1) is 0 Å². The van der Waals surface area contributed by atoms with Gasteiger partial charge in [0.05, 0.1) is 12.8 Å². The molecule has 0 radical (unpaired) electrons. The Hall–Kier alpha value is -4.14. The quantitative estimate of drug-likeness (QED) is 0.209. The minimum atomic E-state index is -5.18. The third kappa shape index (κ3) is 4.95. The number of hydrogen-bond acceptors (Lipinski definition) is 6. The number of aromatic amines is 1. The van der Waals surface area contributed by atoms with Gasteiger partial charge in [0.1, 0.15) is 18.1 Å². The van der Waals surface area contributed by atoms with E-state index in [-0.39, 0.29) is 18.1 Å². The monoisotopic (exact) mass is 500 g/mol. The minimum absolute atomic E-state index is 0.000257. The summed E-state index contributed by atoms with van der Waals surface area (Å²) < 4.78 is 65.6. The van der Waals surface area contributed by atoms with Crippen molar-refractivity contribution in [3.8, 4) is 28.8 Å². The normalized spacial score (nSPS) is 13.2. The lowest BCUT2D eigenvalue weighted by atomic mass is 9.93. The molecule has 0 fully saturated rings. The third-order valence-electron chi connectivity index (χ3n) is 5.30. The Bertz CT molecular complexity index is 1460. The van der Waals surface area contributed by atoms with Gasteiger partial charge in [0.25, 0.3) is 0 Å². The number of nitrogens with zero attached hydrogens (tertiary/aromatic N) is 2. The number of halogens is 4. The summed E-state index contributed by atoms with van der Waals surface area (Å²) in [6, 6.07) is 8.25. The Kier molecular flexibility index (Phi) is 6.83. The third-order valence-corrected chi connectivity index (χ3v) is 5.30. The molecule has 2 heterocycles. The highest BCUT2D eigenvalue weighted by Gasteiger charge is 2.54. The number of ether oxygens (including phenoxy) is 2. The number of hydrogen-bond donors (Lipinski definition) is 3. The van der Waals surface area contributed by atoms with E-state index in [4.69, 9.17) is 15.2 Å². The maximum atomic E-state index is 13.8. The molecule has 4 N–H and O–H groups in total. The molecular weight excluding hydrogens is 480 g/mol. The average molecular weight is 500 g/mol. The van der Waals surface area contributed by atoms with Crippen molar-refractivity contribution in [2.24, 2.45) is 0 Å². The van der Waals surface area contributed by atoms with Crippen LogP contribution in [0.2, 0.25) is 0 Å². The van der Waals surface area contributed by atoms with E-state index in [0.29, 0.717) is 40.6 Å². The van der Waals surface area contributed by atoms with Gasteiger partial charge in [-0.2, -0.15) is 13.2 Å². The van der Waals surface area contributed by atoms with Gasteiger partial charge >= 0.3 is 6.18 Å². The molecule has 4 aromatic rings. The summed E-state index contributed by atoms with van der Waals surface area (Å²) in [7, 11) is 1.53. The van der Waals surface area contributed by atoms with Gasteiger partial charge < -0.3 is 25.3 Å². The Labute approximate surface area is 202 Å². The molecule has 4 rings (SSSR count). The fraction of sp³-hybridized carbons (Fsp3) is 0.200. The highest BCUT2D eigenvalue weighted by atomic mass is 19.4. The summed E-state index contributed by atoms with van der Waals surface area (Å²) >= 11 is 0. The van der Waals surface area contributed by atoms with E-state index in [9.17, 15) is 22.7 Å². The minimum Gasteiger partial charge on any atom is -0.487 e. The number of nitrogens with one attached hydrogen (secondary N) is 1. The first-order valence-electron chi connectivity index (χ1n) is 10.6. The predicted molar refractivity (Wildman–Crippen MR) is 124 cm³/mol. The Morgan fingerprint density at radius 3 is 2.67 bits per heavy atom. The number of aliphatic hydroxyl groups is 1. The molecule has 0 amide bonds. The summed E-state index contributed by atoms with van der Waals surface area (Å²) in [6.45, 7) is 0.552. The van der Waals surface area contributed by atoms with Gasteiger partial charge in [-0.1, -0.05) is 18.1 Å². The lowest BCUT2D eigenvalue weighted by Gasteiger charge is -2.25. The van der Waals surface area contributed by atoms with Crippen LogP contribution in [0.4, 0.5) is 23.5 Å². The number of H-pyrrole nitrogens is 1. The molecule has 2 aromatic carbocycles. The van der Waals surface area contributed by atoms with Crippen LogP contribution in [0.3, 0.4) is 0 Å². The fourth-order valence-corrected chi connectivity index (χ4v) is 3.50. The molecule has 0 spiro atoms. The van der Waals surface area contributed by atoms with Crippen LogP contribution >= 0.6 is 0 Å². The molecule has 186 valence electrons. The maximum Gasteiger partial charge on any atom is 0.433 e. The van der Waals surface area contributed by atoms with Gasteiger partial charge in [0, 0.05) is 40.9 Å². The maximum absolute atomic E-state index is 13.8. The van der Waals surface area contributed by atoms with E-state index in [1.54, 1.807) is 12.3 Å². The van der Waals surface area contributed by atoms with E-state index >= 15 is 0 Å². The van der Waals surface area contributed by atoms with Crippen molar-refractivity contribution in [2.75, 3.05) is 26.1 Å². The number of methoxy groups -OCH3 is 1. The number of anilines is 1. The second-order valence-corrected chi connectivity index (χ2v) is 7.71. The average Bonchev–Trinajstić information content (AvgIpc) is 3.26. The fourth-order valence-electron chi connectivity index (χ4n) is 3.50. The first-order valence-corrected chi connectivity index (χ1v) is 10.6. The lowest BCUT2D eigenvalue weighted by Crippen LogP contribution is -2.41.